The van der Waals surface area contributed by atoms with E-state index in [9.17, 15) is 4.79 Å². The zero-order valence-electron chi connectivity index (χ0n) is 18.4. The second-order valence-corrected chi connectivity index (χ2v) is 10.3. The monoisotopic (exact) mass is 458 g/mol. The summed E-state index contributed by atoms with van der Waals surface area (Å²) in [5, 5.41) is 3.56. The minimum atomic E-state index is -0.450. The number of hydrogen-bond acceptors (Lipinski definition) is 4. The van der Waals surface area contributed by atoms with Gasteiger partial charge in [0, 0.05) is 28.1 Å². The summed E-state index contributed by atoms with van der Waals surface area (Å²) in [5.74, 6) is 0.608. The molecule has 2 aromatic rings. The molecule has 170 valence electrons. The lowest BCUT2D eigenvalue weighted by molar-refractivity contribution is -0.0361. The highest BCUT2D eigenvalue weighted by Gasteiger charge is 2.41. The molecule has 7 heteroatoms. The van der Waals surface area contributed by atoms with E-state index in [-0.39, 0.29) is 11.9 Å². The minimum absolute atomic E-state index is 0.0816. The van der Waals surface area contributed by atoms with Crippen molar-refractivity contribution < 1.29 is 18.7 Å². The summed E-state index contributed by atoms with van der Waals surface area (Å²) < 4.78 is 27.0. The number of amides is 1. The second-order valence-electron chi connectivity index (χ2n) is 9.82. The number of carbonyl (C=O) groups is 1. The van der Waals surface area contributed by atoms with Gasteiger partial charge in [-0.05, 0) is 61.7 Å². The van der Waals surface area contributed by atoms with Gasteiger partial charge < -0.3 is 14.8 Å². The standard InChI is InChI=1S/C25H28ClFN2O3/c1-25(2)14-31-21-12-18(16-4-3-5-17(26)10-16)20(27)11-19(21)23(25)28-24(30)32-22-13-29-8-6-15(22)7-9-29/h3-5,10-12,15,22-23H,6-9,13-14H2,1-2H3,(H,28,30). The summed E-state index contributed by atoms with van der Waals surface area (Å²) in [6, 6.07) is 9.80. The number of hydrogen-bond donors (Lipinski definition) is 1. The Morgan fingerprint density at radius 1 is 1.25 bits per heavy atom. The molecule has 2 bridgehead atoms. The molecule has 1 amide bonds. The van der Waals surface area contributed by atoms with Gasteiger partial charge in [-0.25, -0.2) is 9.18 Å². The van der Waals surface area contributed by atoms with E-state index in [1.165, 1.54) is 6.07 Å². The van der Waals surface area contributed by atoms with Crippen LogP contribution in [0.1, 0.15) is 38.3 Å². The first-order chi connectivity index (χ1) is 15.3. The van der Waals surface area contributed by atoms with Crippen molar-refractivity contribution in [2.45, 2.75) is 38.8 Å². The third-order valence-electron chi connectivity index (χ3n) is 7.04. The number of ether oxygens (including phenoxy) is 2. The average molecular weight is 459 g/mol. The first-order valence-electron chi connectivity index (χ1n) is 11.2. The van der Waals surface area contributed by atoms with E-state index in [2.05, 4.69) is 10.2 Å². The molecule has 0 aliphatic carbocycles. The maximum atomic E-state index is 15.2. The maximum Gasteiger partial charge on any atom is 0.407 e. The molecule has 4 aliphatic rings. The Hall–Kier alpha value is -2.31. The fourth-order valence-corrected chi connectivity index (χ4v) is 5.36. The Kier molecular flexibility index (Phi) is 5.54. The van der Waals surface area contributed by atoms with Crippen molar-refractivity contribution in [3.05, 3.63) is 52.8 Å². The van der Waals surface area contributed by atoms with E-state index in [1.807, 2.05) is 19.9 Å². The Bertz CT molecular complexity index is 1040. The number of nitrogens with one attached hydrogen (secondary N) is 1. The maximum absolute atomic E-state index is 15.2. The van der Waals surface area contributed by atoms with E-state index >= 15 is 4.39 Å². The lowest BCUT2D eigenvalue weighted by Gasteiger charge is -2.44. The molecule has 2 unspecified atom stereocenters. The van der Waals surface area contributed by atoms with Crippen LogP contribution in [0.3, 0.4) is 0 Å². The van der Waals surface area contributed by atoms with Gasteiger partial charge in [-0.1, -0.05) is 37.6 Å². The number of halogens is 2. The molecule has 5 nitrogen and oxygen atoms in total. The quantitative estimate of drug-likeness (QED) is 0.666. The smallest absolute Gasteiger partial charge is 0.407 e. The Morgan fingerprint density at radius 3 is 2.72 bits per heavy atom. The fraction of sp³-hybridized carbons (Fsp3) is 0.480. The van der Waals surface area contributed by atoms with Crippen LogP contribution >= 0.6 is 11.6 Å². The molecule has 6 rings (SSSR count). The van der Waals surface area contributed by atoms with Crippen LogP contribution in [0.15, 0.2) is 36.4 Å². The van der Waals surface area contributed by atoms with E-state index in [1.54, 1.807) is 24.3 Å². The number of piperidine rings is 3. The average Bonchev–Trinajstić information content (AvgIpc) is 2.76. The van der Waals surface area contributed by atoms with Gasteiger partial charge in [0.05, 0.1) is 12.6 Å². The van der Waals surface area contributed by atoms with Crippen molar-refractivity contribution in [1.29, 1.82) is 0 Å². The highest BCUT2D eigenvalue weighted by atomic mass is 35.5. The van der Waals surface area contributed by atoms with Crippen LogP contribution in [-0.4, -0.2) is 43.3 Å². The third-order valence-corrected chi connectivity index (χ3v) is 7.28. The summed E-state index contributed by atoms with van der Waals surface area (Å²) in [5.41, 5.74) is 1.29. The Morgan fingerprint density at radius 2 is 2.03 bits per heavy atom. The van der Waals surface area contributed by atoms with Gasteiger partial charge >= 0.3 is 6.09 Å². The van der Waals surface area contributed by atoms with Crippen molar-refractivity contribution in [2.75, 3.05) is 26.2 Å². The van der Waals surface area contributed by atoms with Crippen LogP contribution in [0.2, 0.25) is 5.02 Å². The van der Waals surface area contributed by atoms with Gasteiger partial charge in [0.25, 0.3) is 0 Å². The summed E-state index contributed by atoms with van der Waals surface area (Å²) in [6.45, 7) is 7.35. The van der Waals surface area contributed by atoms with Crippen LogP contribution in [0.4, 0.5) is 9.18 Å². The van der Waals surface area contributed by atoms with E-state index < -0.39 is 17.6 Å². The molecule has 4 heterocycles. The van der Waals surface area contributed by atoms with E-state index in [0.717, 1.165) is 32.5 Å². The molecule has 2 aromatic carbocycles. The normalized spacial score (nSPS) is 27.9. The number of benzene rings is 2. The van der Waals surface area contributed by atoms with Gasteiger partial charge in [0.1, 0.15) is 17.7 Å². The molecular weight excluding hydrogens is 431 g/mol. The van der Waals surface area contributed by atoms with Crippen molar-refractivity contribution in [2.24, 2.45) is 11.3 Å². The predicted molar refractivity (Wildman–Crippen MR) is 121 cm³/mol. The second kappa shape index (κ2) is 8.23. The zero-order chi connectivity index (χ0) is 22.5. The molecule has 0 saturated carbocycles. The third kappa shape index (κ3) is 4.06. The number of nitrogens with zero attached hydrogens (tertiary/aromatic N) is 1. The molecule has 0 radical (unpaired) electrons. The lowest BCUT2D eigenvalue weighted by atomic mass is 9.78. The van der Waals surface area contributed by atoms with Gasteiger partial charge in [-0.3, -0.25) is 4.90 Å². The minimum Gasteiger partial charge on any atom is -0.493 e. The number of alkyl carbamates (subject to hydrolysis) is 1. The van der Waals surface area contributed by atoms with Crippen LogP contribution in [-0.2, 0) is 4.74 Å². The van der Waals surface area contributed by atoms with E-state index in [0.29, 0.717) is 40.0 Å². The highest BCUT2D eigenvalue weighted by Crippen LogP contribution is 2.45. The van der Waals surface area contributed by atoms with Gasteiger partial charge in [0.2, 0.25) is 0 Å². The lowest BCUT2D eigenvalue weighted by Crippen LogP contribution is -2.53. The molecule has 32 heavy (non-hydrogen) atoms. The van der Waals surface area contributed by atoms with Crippen molar-refractivity contribution >= 4 is 17.7 Å². The molecule has 1 N–H and O–H groups in total. The summed E-state index contributed by atoms with van der Waals surface area (Å²) >= 11 is 6.09. The first-order valence-corrected chi connectivity index (χ1v) is 11.6. The fourth-order valence-electron chi connectivity index (χ4n) is 5.17. The van der Waals surface area contributed by atoms with Crippen LogP contribution in [0.5, 0.6) is 5.75 Å². The SMILES string of the molecule is CC1(C)COc2cc(-c3cccc(Cl)c3)c(F)cc2C1NC(=O)OC1CN2CCC1CC2. The molecule has 0 aromatic heterocycles. The summed E-state index contributed by atoms with van der Waals surface area (Å²) in [7, 11) is 0. The predicted octanol–water partition coefficient (Wildman–Crippen LogP) is 5.43. The molecule has 4 aliphatic heterocycles. The molecule has 2 atom stereocenters. The van der Waals surface area contributed by atoms with Crippen molar-refractivity contribution in [3.8, 4) is 16.9 Å². The number of rotatable bonds is 3. The van der Waals surface area contributed by atoms with Crippen molar-refractivity contribution in [3.63, 3.8) is 0 Å². The van der Waals surface area contributed by atoms with Crippen LogP contribution < -0.4 is 10.1 Å². The van der Waals surface area contributed by atoms with Gasteiger partial charge in [0.15, 0.2) is 0 Å². The van der Waals surface area contributed by atoms with Crippen molar-refractivity contribution in [1.82, 2.24) is 10.2 Å². The number of fused-ring (bicyclic) bond motifs is 4. The molecular formula is C25H28ClFN2O3. The molecule has 0 spiro atoms. The number of carbonyl (C=O) groups excluding carboxylic acids is 1. The largest absolute Gasteiger partial charge is 0.493 e. The van der Waals surface area contributed by atoms with Gasteiger partial charge in [-0.15, -0.1) is 0 Å². The summed E-state index contributed by atoms with van der Waals surface area (Å²) in [4.78, 5) is 15.2. The molecule has 3 saturated heterocycles. The first kappa shape index (κ1) is 21.5. The highest BCUT2D eigenvalue weighted by molar-refractivity contribution is 6.30. The Balaban J connectivity index is 1.39. The Labute approximate surface area is 192 Å². The van der Waals surface area contributed by atoms with Gasteiger partial charge in [-0.2, -0.15) is 0 Å². The van der Waals surface area contributed by atoms with Crippen LogP contribution in [0, 0.1) is 17.2 Å². The molecule has 3 fully saturated rings. The van der Waals surface area contributed by atoms with Crippen LogP contribution in [0.25, 0.3) is 11.1 Å². The summed E-state index contributed by atoms with van der Waals surface area (Å²) in [6.07, 6.45) is 1.61. The van der Waals surface area contributed by atoms with E-state index in [4.69, 9.17) is 21.1 Å². The topological polar surface area (TPSA) is 50.8 Å². The zero-order valence-corrected chi connectivity index (χ0v) is 19.1.